The van der Waals surface area contributed by atoms with Gasteiger partial charge in [0.1, 0.15) is 5.60 Å². The van der Waals surface area contributed by atoms with E-state index in [2.05, 4.69) is 22.0 Å². The molecule has 5 nitrogen and oxygen atoms in total. The number of carbonyl (C=O) groups is 1. The molecule has 26 heavy (non-hydrogen) atoms. The lowest BCUT2D eigenvalue weighted by atomic mass is 9.89. The van der Waals surface area contributed by atoms with E-state index in [1.165, 1.54) is 38.0 Å². The van der Waals surface area contributed by atoms with Gasteiger partial charge in [0, 0.05) is 32.0 Å². The molecule has 2 saturated heterocycles. The van der Waals surface area contributed by atoms with Gasteiger partial charge in [0.15, 0.2) is 0 Å². The van der Waals surface area contributed by atoms with Crippen LogP contribution in [0.5, 0.6) is 0 Å². The highest BCUT2D eigenvalue weighted by Gasteiger charge is 2.29. The van der Waals surface area contributed by atoms with Crippen LogP contribution in [0.25, 0.3) is 0 Å². The lowest BCUT2D eigenvalue weighted by Gasteiger charge is -2.38. The number of aromatic nitrogens is 1. The van der Waals surface area contributed by atoms with Crippen molar-refractivity contribution in [2.75, 3.05) is 32.7 Å². The summed E-state index contributed by atoms with van der Waals surface area (Å²) in [6.45, 7) is 11.0. The van der Waals surface area contributed by atoms with E-state index in [0.29, 0.717) is 11.8 Å². The predicted molar refractivity (Wildman–Crippen MR) is 103 cm³/mol. The maximum Gasteiger partial charge on any atom is 0.410 e. The molecule has 3 rings (SSSR count). The van der Waals surface area contributed by atoms with Crippen molar-refractivity contribution < 1.29 is 9.53 Å². The first-order chi connectivity index (χ1) is 12.4. The first kappa shape index (κ1) is 19.2. The van der Waals surface area contributed by atoms with Gasteiger partial charge in [-0.15, -0.1) is 0 Å². The Labute approximate surface area is 157 Å². The van der Waals surface area contributed by atoms with Crippen molar-refractivity contribution in [1.82, 2.24) is 14.8 Å². The van der Waals surface area contributed by atoms with Crippen LogP contribution in [0.4, 0.5) is 4.79 Å². The van der Waals surface area contributed by atoms with Gasteiger partial charge in [-0.05, 0) is 89.1 Å². The fraction of sp³-hybridized carbons (Fsp3) is 0.714. The second kappa shape index (κ2) is 8.38. The van der Waals surface area contributed by atoms with Crippen molar-refractivity contribution in [1.29, 1.82) is 0 Å². The van der Waals surface area contributed by atoms with E-state index in [0.717, 1.165) is 25.9 Å². The molecule has 0 spiro atoms. The first-order valence-electron chi connectivity index (χ1n) is 10.0. The number of amides is 1. The van der Waals surface area contributed by atoms with E-state index in [9.17, 15) is 4.79 Å². The summed E-state index contributed by atoms with van der Waals surface area (Å²) in [5.41, 5.74) is 1.03. The smallest absolute Gasteiger partial charge is 0.410 e. The summed E-state index contributed by atoms with van der Waals surface area (Å²) in [6, 6.07) is 4.32. The van der Waals surface area contributed by atoms with Gasteiger partial charge in [0.2, 0.25) is 0 Å². The number of piperidine rings is 2. The van der Waals surface area contributed by atoms with Gasteiger partial charge < -0.3 is 14.5 Å². The second-order valence-corrected chi connectivity index (χ2v) is 8.77. The van der Waals surface area contributed by atoms with Crippen LogP contribution in [0, 0.1) is 5.92 Å². The average molecular weight is 360 g/mol. The van der Waals surface area contributed by atoms with Crippen LogP contribution in [-0.4, -0.2) is 59.2 Å². The maximum absolute atomic E-state index is 12.2. The Morgan fingerprint density at radius 2 is 1.69 bits per heavy atom. The van der Waals surface area contributed by atoms with Gasteiger partial charge in [-0.3, -0.25) is 4.98 Å². The highest BCUT2D eigenvalue weighted by Crippen LogP contribution is 2.29. The summed E-state index contributed by atoms with van der Waals surface area (Å²) in [6.07, 6.45) is 8.30. The molecule has 0 aliphatic carbocycles. The SMILES string of the molecule is CC(C)(C)OC(=O)N1CCC(CN2CCC(c3ccncc3)CC2)CC1. The quantitative estimate of drug-likeness (QED) is 0.821. The van der Waals surface area contributed by atoms with Crippen LogP contribution in [-0.2, 0) is 4.74 Å². The molecule has 2 fully saturated rings. The molecule has 1 amide bonds. The highest BCUT2D eigenvalue weighted by atomic mass is 16.6. The number of carbonyl (C=O) groups excluding carboxylic acids is 1. The third-order valence-corrected chi connectivity index (χ3v) is 5.55. The predicted octanol–water partition coefficient (Wildman–Crippen LogP) is 3.91. The maximum atomic E-state index is 12.2. The van der Waals surface area contributed by atoms with Crippen LogP contribution >= 0.6 is 0 Å². The van der Waals surface area contributed by atoms with E-state index >= 15 is 0 Å². The monoisotopic (exact) mass is 359 g/mol. The minimum atomic E-state index is -0.410. The topological polar surface area (TPSA) is 45.7 Å². The molecule has 144 valence electrons. The lowest BCUT2D eigenvalue weighted by Crippen LogP contribution is -2.44. The molecule has 0 N–H and O–H groups in total. The number of hydrogen-bond acceptors (Lipinski definition) is 4. The summed E-state index contributed by atoms with van der Waals surface area (Å²) in [5, 5.41) is 0. The van der Waals surface area contributed by atoms with Crippen LogP contribution in [0.15, 0.2) is 24.5 Å². The van der Waals surface area contributed by atoms with Crippen molar-refractivity contribution in [3.63, 3.8) is 0 Å². The van der Waals surface area contributed by atoms with Crippen LogP contribution in [0.1, 0.15) is 57.9 Å². The zero-order chi connectivity index (χ0) is 18.6. The third-order valence-electron chi connectivity index (χ3n) is 5.55. The standard InChI is InChI=1S/C21H33N3O2/c1-21(2,3)26-20(25)24-14-6-17(7-15-24)16-23-12-8-19(9-13-23)18-4-10-22-11-5-18/h4-5,10-11,17,19H,6-9,12-16H2,1-3H3. The molecule has 2 aliphatic heterocycles. The third kappa shape index (κ3) is 5.44. The Bertz CT molecular complexity index is 569. The summed E-state index contributed by atoms with van der Waals surface area (Å²) >= 11 is 0. The number of likely N-dealkylation sites (tertiary alicyclic amines) is 2. The number of nitrogens with zero attached hydrogens (tertiary/aromatic N) is 3. The fourth-order valence-corrected chi connectivity index (χ4v) is 4.07. The van der Waals surface area contributed by atoms with E-state index in [1.807, 2.05) is 38.1 Å². The Kier molecular flexibility index (Phi) is 6.17. The molecular weight excluding hydrogens is 326 g/mol. The van der Waals surface area contributed by atoms with Gasteiger partial charge in [0.25, 0.3) is 0 Å². The van der Waals surface area contributed by atoms with Gasteiger partial charge in [0.05, 0.1) is 0 Å². The van der Waals surface area contributed by atoms with Crippen LogP contribution < -0.4 is 0 Å². The molecule has 1 aromatic rings. The molecule has 0 aromatic carbocycles. The number of ether oxygens (including phenoxy) is 1. The van der Waals surface area contributed by atoms with Gasteiger partial charge in [-0.2, -0.15) is 0 Å². The molecule has 2 aliphatic rings. The largest absolute Gasteiger partial charge is 0.444 e. The molecule has 0 unspecified atom stereocenters. The van der Waals surface area contributed by atoms with Crippen LogP contribution in [0.2, 0.25) is 0 Å². The Morgan fingerprint density at radius 1 is 1.08 bits per heavy atom. The number of rotatable bonds is 3. The molecule has 3 heterocycles. The van der Waals surface area contributed by atoms with E-state index in [-0.39, 0.29) is 6.09 Å². The molecule has 0 radical (unpaired) electrons. The van der Waals surface area contributed by atoms with Crippen molar-refractivity contribution in [2.24, 2.45) is 5.92 Å². The number of hydrogen-bond donors (Lipinski definition) is 0. The zero-order valence-corrected chi connectivity index (χ0v) is 16.5. The number of pyridine rings is 1. The summed E-state index contributed by atoms with van der Waals surface area (Å²) in [7, 11) is 0. The van der Waals surface area contributed by atoms with E-state index < -0.39 is 5.60 Å². The van der Waals surface area contributed by atoms with Gasteiger partial charge >= 0.3 is 6.09 Å². The van der Waals surface area contributed by atoms with Crippen molar-refractivity contribution in [3.8, 4) is 0 Å². The molecule has 5 heteroatoms. The zero-order valence-electron chi connectivity index (χ0n) is 16.5. The summed E-state index contributed by atoms with van der Waals surface area (Å²) in [4.78, 5) is 20.8. The van der Waals surface area contributed by atoms with E-state index in [1.54, 1.807) is 0 Å². The van der Waals surface area contributed by atoms with E-state index in [4.69, 9.17) is 4.74 Å². The van der Waals surface area contributed by atoms with Crippen molar-refractivity contribution >= 4 is 6.09 Å². The highest BCUT2D eigenvalue weighted by molar-refractivity contribution is 5.68. The van der Waals surface area contributed by atoms with Crippen molar-refractivity contribution in [2.45, 2.75) is 58.0 Å². The lowest BCUT2D eigenvalue weighted by molar-refractivity contribution is 0.0166. The normalized spacial score (nSPS) is 21.0. The molecule has 0 bridgehead atoms. The minimum absolute atomic E-state index is 0.158. The average Bonchev–Trinajstić information content (AvgIpc) is 2.62. The molecule has 1 aromatic heterocycles. The van der Waals surface area contributed by atoms with Crippen LogP contribution in [0.3, 0.4) is 0 Å². The summed E-state index contributed by atoms with van der Waals surface area (Å²) in [5.74, 6) is 1.38. The van der Waals surface area contributed by atoms with Crippen molar-refractivity contribution in [3.05, 3.63) is 30.1 Å². The summed E-state index contributed by atoms with van der Waals surface area (Å²) < 4.78 is 5.49. The molecular formula is C21H33N3O2. The Hall–Kier alpha value is -1.62. The molecule has 0 saturated carbocycles. The second-order valence-electron chi connectivity index (χ2n) is 8.77. The fourth-order valence-electron chi connectivity index (χ4n) is 4.07. The van der Waals surface area contributed by atoms with Gasteiger partial charge in [-0.25, -0.2) is 4.79 Å². The minimum Gasteiger partial charge on any atom is -0.444 e. The van der Waals surface area contributed by atoms with Gasteiger partial charge in [-0.1, -0.05) is 0 Å². The first-order valence-corrected chi connectivity index (χ1v) is 10.0. The molecule has 0 atom stereocenters. The Balaban J connectivity index is 1.38. The Morgan fingerprint density at radius 3 is 2.27 bits per heavy atom.